The smallest absolute Gasteiger partial charge is 0.335 e. The van der Waals surface area contributed by atoms with E-state index in [9.17, 15) is 9.59 Å². The zero-order chi connectivity index (χ0) is 15.4. The summed E-state index contributed by atoms with van der Waals surface area (Å²) in [5, 5.41) is 12.2. The highest BCUT2D eigenvalue weighted by Gasteiger charge is 2.28. The van der Waals surface area contributed by atoms with Gasteiger partial charge in [-0.2, -0.15) is 0 Å². The standard InChI is InChI=1S/C17H23NO3/c1-11-6-5-9-15(12(11)2)18-16(19)10-13-7-3-4-8-14(13)17(20)21/h3-4,7-8,11-12,15H,5-6,9-10H2,1-2H3,(H,18,19)(H,20,21). The molecule has 4 nitrogen and oxygen atoms in total. The topological polar surface area (TPSA) is 66.4 Å². The van der Waals surface area contributed by atoms with Gasteiger partial charge in [-0.3, -0.25) is 4.79 Å². The van der Waals surface area contributed by atoms with Crippen molar-refractivity contribution in [2.45, 2.75) is 45.6 Å². The molecule has 2 rings (SSSR count). The van der Waals surface area contributed by atoms with Crippen LogP contribution in [-0.4, -0.2) is 23.0 Å². The molecular formula is C17H23NO3. The van der Waals surface area contributed by atoms with Crippen molar-refractivity contribution in [3.63, 3.8) is 0 Å². The summed E-state index contributed by atoms with van der Waals surface area (Å²) in [5.74, 6) is 0.0143. The summed E-state index contributed by atoms with van der Waals surface area (Å²) in [5.41, 5.74) is 0.775. The van der Waals surface area contributed by atoms with Crippen LogP contribution in [0.3, 0.4) is 0 Å². The third-order valence-corrected chi connectivity index (χ3v) is 4.65. The number of aromatic carboxylic acids is 1. The van der Waals surface area contributed by atoms with Crippen LogP contribution >= 0.6 is 0 Å². The lowest BCUT2D eigenvalue weighted by molar-refractivity contribution is -0.121. The highest BCUT2D eigenvalue weighted by Crippen LogP contribution is 2.29. The van der Waals surface area contributed by atoms with Crippen LogP contribution < -0.4 is 5.32 Å². The van der Waals surface area contributed by atoms with E-state index >= 15 is 0 Å². The van der Waals surface area contributed by atoms with Gasteiger partial charge < -0.3 is 10.4 Å². The second-order valence-electron chi connectivity index (χ2n) is 6.08. The highest BCUT2D eigenvalue weighted by molar-refractivity contribution is 5.91. The molecular weight excluding hydrogens is 266 g/mol. The van der Waals surface area contributed by atoms with Gasteiger partial charge in [0.25, 0.3) is 0 Å². The number of nitrogens with one attached hydrogen (secondary N) is 1. The van der Waals surface area contributed by atoms with Crippen molar-refractivity contribution in [1.82, 2.24) is 5.32 Å². The summed E-state index contributed by atoms with van der Waals surface area (Å²) in [6.07, 6.45) is 3.50. The van der Waals surface area contributed by atoms with E-state index in [2.05, 4.69) is 19.2 Å². The van der Waals surface area contributed by atoms with Crippen molar-refractivity contribution < 1.29 is 14.7 Å². The van der Waals surface area contributed by atoms with Crippen LogP contribution in [0.15, 0.2) is 24.3 Å². The first kappa shape index (κ1) is 15.5. The number of rotatable bonds is 4. The van der Waals surface area contributed by atoms with E-state index in [0.29, 0.717) is 17.4 Å². The summed E-state index contributed by atoms with van der Waals surface area (Å²) in [6.45, 7) is 4.41. The van der Waals surface area contributed by atoms with Gasteiger partial charge in [0, 0.05) is 6.04 Å². The minimum absolute atomic E-state index is 0.0883. The largest absolute Gasteiger partial charge is 0.478 e. The van der Waals surface area contributed by atoms with E-state index in [-0.39, 0.29) is 23.9 Å². The van der Waals surface area contributed by atoms with Crippen LogP contribution in [0.25, 0.3) is 0 Å². The number of amides is 1. The molecule has 3 unspecified atom stereocenters. The van der Waals surface area contributed by atoms with Crippen molar-refractivity contribution >= 4 is 11.9 Å². The minimum Gasteiger partial charge on any atom is -0.478 e. The van der Waals surface area contributed by atoms with Gasteiger partial charge in [0.1, 0.15) is 0 Å². The quantitative estimate of drug-likeness (QED) is 0.895. The van der Waals surface area contributed by atoms with E-state index in [4.69, 9.17) is 5.11 Å². The second kappa shape index (κ2) is 6.74. The van der Waals surface area contributed by atoms with Crippen LogP contribution in [-0.2, 0) is 11.2 Å². The Kier molecular flexibility index (Phi) is 4.99. The third kappa shape index (κ3) is 3.84. The predicted octanol–water partition coefficient (Wildman–Crippen LogP) is 2.87. The van der Waals surface area contributed by atoms with E-state index in [1.54, 1.807) is 18.2 Å². The molecule has 1 aromatic rings. The molecule has 0 aromatic heterocycles. The summed E-state index contributed by atoms with van der Waals surface area (Å²) in [4.78, 5) is 23.4. The number of carboxylic acid groups (broad SMARTS) is 1. The molecule has 1 aromatic carbocycles. The van der Waals surface area contributed by atoms with Crippen molar-refractivity contribution in [1.29, 1.82) is 0 Å². The number of carbonyl (C=O) groups excluding carboxylic acids is 1. The van der Waals surface area contributed by atoms with Crippen LogP contribution in [0.4, 0.5) is 0 Å². The third-order valence-electron chi connectivity index (χ3n) is 4.65. The van der Waals surface area contributed by atoms with Crippen LogP contribution in [0.2, 0.25) is 0 Å². The molecule has 0 bridgehead atoms. The van der Waals surface area contributed by atoms with Crippen LogP contribution in [0.1, 0.15) is 49.0 Å². The molecule has 114 valence electrons. The molecule has 1 fully saturated rings. The monoisotopic (exact) mass is 289 g/mol. The fourth-order valence-electron chi connectivity index (χ4n) is 3.10. The van der Waals surface area contributed by atoms with Crippen molar-refractivity contribution in [2.24, 2.45) is 11.8 Å². The molecule has 1 saturated carbocycles. The Balaban J connectivity index is 2.00. The van der Waals surface area contributed by atoms with Gasteiger partial charge >= 0.3 is 5.97 Å². The Morgan fingerprint density at radius 1 is 1.24 bits per heavy atom. The fraction of sp³-hybridized carbons (Fsp3) is 0.529. The van der Waals surface area contributed by atoms with E-state index in [0.717, 1.165) is 12.8 Å². The number of hydrogen-bond acceptors (Lipinski definition) is 2. The summed E-state index contributed by atoms with van der Waals surface area (Å²) in [7, 11) is 0. The van der Waals surface area contributed by atoms with Gasteiger partial charge in [-0.05, 0) is 29.9 Å². The lowest BCUT2D eigenvalue weighted by Crippen LogP contribution is -2.44. The Hall–Kier alpha value is -1.84. The van der Waals surface area contributed by atoms with E-state index in [1.807, 2.05) is 0 Å². The van der Waals surface area contributed by atoms with Gasteiger partial charge in [-0.25, -0.2) is 4.79 Å². The zero-order valence-electron chi connectivity index (χ0n) is 12.6. The van der Waals surface area contributed by atoms with Crippen LogP contribution in [0, 0.1) is 11.8 Å². The molecule has 3 atom stereocenters. The van der Waals surface area contributed by atoms with E-state index in [1.165, 1.54) is 12.5 Å². The van der Waals surface area contributed by atoms with Crippen molar-refractivity contribution in [3.8, 4) is 0 Å². The maximum atomic E-state index is 12.2. The SMILES string of the molecule is CC1CCCC(NC(=O)Cc2ccccc2C(=O)O)C1C. The number of benzene rings is 1. The molecule has 21 heavy (non-hydrogen) atoms. The number of hydrogen-bond donors (Lipinski definition) is 2. The minimum atomic E-state index is -0.988. The van der Waals surface area contributed by atoms with Gasteiger partial charge in [-0.1, -0.05) is 44.9 Å². The van der Waals surface area contributed by atoms with Gasteiger partial charge in [0.2, 0.25) is 5.91 Å². The average Bonchev–Trinajstić information content (AvgIpc) is 2.44. The Morgan fingerprint density at radius 3 is 2.67 bits per heavy atom. The van der Waals surface area contributed by atoms with Crippen molar-refractivity contribution in [3.05, 3.63) is 35.4 Å². The average molecular weight is 289 g/mol. The molecule has 0 spiro atoms. The maximum absolute atomic E-state index is 12.2. The van der Waals surface area contributed by atoms with Crippen molar-refractivity contribution in [2.75, 3.05) is 0 Å². The second-order valence-corrected chi connectivity index (χ2v) is 6.08. The van der Waals surface area contributed by atoms with Gasteiger partial charge in [0.05, 0.1) is 12.0 Å². The molecule has 4 heteroatoms. The molecule has 0 radical (unpaired) electrons. The zero-order valence-corrected chi connectivity index (χ0v) is 12.6. The Labute approximate surface area is 125 Å². The normalized spacial score (nSPS) is 25.3. The Morgan fingerprint density at radius 2 is 1.95 bits per heavy atom. The van der Waals surface area contributed by atoms with Crippen LogP contribution in [0.5, 0.6) is 0 Å². The molecule has 1 aliphatic rings. The number of carboxylic acids is 1. The summed E-state index contributed by atoms with van der Waals surface area (Å²) in [6, 6.07) is 6.89. The Bertz CT molecular complexity index is 527. The maximum Gasteiger partial charge on any atom is 0.335 e. The summed E-state index contributed by atoms with van der Waals surface area (Å²) >= 11 is 0. The van der Waals surface area contributed by atoms with Gasteiger partial charge in [0.15, 0.2) is 0 Å². The molecule has 1 amide bonds. The fourth-order valence-corrected chi connectivity index (χ4v) is 3.10. The lowest BCUT2D eigenvalue weighted by atomic mass is 9.78. The molecule has 2 N–H and O–H groups in total. The van der Waals surface area contributed by atoms with E-state index < -0.39 is 5.97 Å². The number of carbonyl (C=O) groups is 2. The lowest BCUT2D eigenvalue weighted by Gasteiger charge is -2.34. The summed E-state index contributed by atoms with van der Waals surface area (Å²) < 4.78 is 0. The molecule has 0 aliphatic heterocycles. The first-order valence-corrected chi connectivity index (χ1v) is 7.59. The first-order chi connectivity index (χ1) is 9.99. The highest BCUT2D eigenvalue weighted by atomic mass is 16.4. The van der Waals surface area contributed by atoms with Gasteiger partial charge in [-0.15, -0.1) is 0 Å². The predicted molar refractivity (Wildman–Crippen MR) is 81.2 cm³/mol. The molecule has 1 aliphatic carbocycles. The molecule has 0 saturated heterocycles. The molecule has 0 heterocycles. The first-order valence-electron chi connectivity index (χ1n) is 7.59.